The zero-order valence-electron chi connectivity index (χ0n) is 10.4. The normalized spacial score (nSPS) is 19.1. The van der Waals surface area contributed by atoms with Gasteiger partial charge in [0.15, 0.2) is 0 Å². The topological polar surface area (TPSA) is 29.5 Å². The molecule has 0 spiro atoms. The summed E-state index contributed by atoms with van der Waals surface area (Å²) in [5.74, 6) is 0.576. The monoisotopic (exact) mass is 225 g/mol. The Labute approximate surface area is 98.5 Å². The molecular formula is C13H23NO2. The van der Waals surface area contributed by atoms with E-state index in [0.717, 1.165) is 18.9 Å². The minimum atomic E-state index is -0.162. The smallest absolute Gasteiger partial charge is 0.302 e. The van der Waals surface area contributed by atoms with Crippen molar-refractivity contribution in [1.82, 2.24) is 4.90 Å². The van der Waals surface area contributed by atoms with Crippen molar-refractivity contribution < 1.29 is 9.53 Å². The van der Waals surface area contributed by atoms with E-state index in [1.165, 1.54) is 32.9 Å². The lowest BCUT2D eigenvalue weighted by Gasteiger charge is -2.31. The number of carbonyl (C=O) groups excluding carboxylic acids is 1. The van der Waals surface area contributed by atoms with Crippen LogP contribution in [0.5, 0.6) is 0 Å². The van der Waals surface area contributed by atoms with E-state index in [1.54, 1.807) is 0 Å². The summed E-state index contributed by atoms with van der Waals surface area (Å²) in [6.07, 6.45) is 7.81. The van der Waals surface area contributed by atoms with E-state index in [0.29, 0.717) is 6.61 Å². The molecule has 92 valence electrons. The zero-order chi connectivity index (χ0) is 11.8. The van der Waals surface area contributed by atoms with Crippen molar-refractivity contribution in [2.24, 2.45) is 5.92 Å². The lowest BCUT2D eigenvalue weighted by molar-refractivity contribution is -0.141. The first-order chi connectivity index (χ1) is 7.72. The van der Waals surface area contributed by atoms with E-state index in [4.69, 9.17) is 4.74 Å². The molecule has 0 aliphatic carbocycles. The van der Waals surface area contributed by atoms with Crippen molar-refractivity contribution in [3.63, 3.8) is 0 Å². The van der Waals surface area contributed by atoms with Crippen LogP contribution in [0.25, 0.3) is 0 Å². The van der Waals surface area contributed by atoms with E-state index in [-0.39, 0.29) is 5.97 Å². The summed E-state index contributed by atoms with van der Waals surface area (Å²) in [4.78, 5) is 13.1. The zero-order valence-corrected chi connectivity index (χ0v) is 10.4. The summed E-state index contributed by atoms with van der Waals surface area (Å²) in [6.45, 7) is 7.55. The highest BCUT2D eigenvalue weighted by molar-refractivity contribution is 5.65. The van der Waals surface area contributed by atoms with Gasteiger partial charge in [0.25, 0.3) is 0 Å². The molecule has 1 aliphatic heterocycles. The van der Waals surface area contributed by atoms with Crippen molar-refractivity contribution in [2.75, 3.05) is 26.2 Å². The Morgan fingerprint density at radius 3 is 2.69 bits per heavy atom. The van der Waals surface area contributed by atoms with Gasteiger partial charge in [-0.3, -0.25) is 9.69 Å². The first-order valence-corrected chi connectivity index (χ1v) is 6.19. The van der Waals surface area contributed by atoms with Crippen molar-refractivity contribution in [3.8, 4) is 0 Å². The highest BCUT2D eigenvalue weighted by Gasteiger charge is 2.18. The molecule has 0 aromatic rings. The second kappa shape index (κ2) is 7.44. The van der Waals surface area contributed by atoms with Gasteiger partial charge >= 0.3 is 5.97 Å². The van der Waals surface area contributed by atoms with Gasteiger partial charge in [0, 0.05) is 13.5 Å². The largest absolute Gasteiger partial charge is 0.466 e. The van der Waals surface area contributed by atoms with E-state index in [1.807, 2.05) is 0 Å². The maximum Gasteiger partial charge on any atom is 0.302 e. The standard InChI is InChI=1S/C13H23NO2/c1-3-4-8-14-9-5-13(6-10-14)7-11-16-12(2)15/h3-4,13H,5-11H2,1-2H3/b4-3+. The highest BCUT2D eigenvalue weighted by atomic mass is 16.5. The number of ether oxygens (including phenoxy) is 1. The van der Waals surface area contributed by atoms with Gasteiger partial charge in [0.05, 0.1) is 6.61 Å². The molecule has 1 saturated heterocycles. The molecule has 0 aromatic heterocycles. The van der Waals surface area contributed by atoms with Crippen LogP contribution in [0, 0.1) is 5.92 Å². The number of allylic oxidation sites excluding steroid dienone is 1. The molecule has 0 saturated carbocycles. The van der Waals surface area contributed by atoms with Gasteiger partial charge in [-0.2, -0.15) is 0 Å². The number of nitrogens with zero attached hydrogens (tertiary/aromatic N) is 1. The first kappa shape index (κ1) is 13.2. The van der Waals surface area contributed by atoms with Crippen molar-refractivity contribution in [3.05, 3.63) is 12.2 Å². The van der Waals surface area contributed by atoms with Crippen LogP contribution in [0.2, 0.25) is 0 Å². The fraction of sp³-hybridized carbons (Fsp3) is 0.769. The molecular weight excluding hydrogens is 202 g/mol. The van der Waals surface area contributed by atoms with Crippen LogP contribution in [0.1, 0.15) is 33.1 Å². The molecule has 3 heteroatoms. The maximum absolute atomic E-state index is 10.6. The summed E-state index contributed by atoms with van der Waals surface area (Å²) in [5, 5.41) is 0. The summed E-state index contributed by atoms with van der Waals surface area (Å²) in [5.41, 5.74) is 0. The fourth-order valence-corrected chi connectivity index (χ4v) is 2.08. The van der Waals surface area contributed by atoms with Crippen LogP contribution >= 0.6 is 0 Å². The number of esters is 1. The predicted molar refractivity (Wildman–Crippen MR) is 65.2 cm³/mol. The summed E-state index contributed by atoms with van der Waals surface area (Å²) in [7, 11) is 0. The average molecular weight is 225 g/mol. The molecule has 16 heavy (non-hydrogen) atoms. The molecule has 0 unspecified atom stereocenters. The summed E-state index contributed by atoms with van der Waals surface area (Å²) >= 11 is 0. The minimum absolute atomic E-state index is 0.162. The van der Waals surface area contributed by atoms with Crippen LogP contribution in [-0.2, 0) is 9.53 Å². The Morgan fingerprint density at radius 1 is 1.44 bits per heavy atom. The van der Waals surface area contributed by atoms with Crippen molar-refractivity contribution in [1.29, 1.82) is 0 Å². The van der Waals surface area contributed by atoms with Gasteiger partial charge in [-0.15, -0.1) is 0 Å². The molecule has 0 aromatic carbocycles. The second-order valence-corrected chi connectivity index (χ2v) is 4.44. The number of piperidine rings is 1. The Morgan fingerprint density at radius 2 is 2.12 bits per heavy atom. The van der Waals surface area contributed by atoms with Crippen LogP contribution < -0.4 is 0 Å². The Kier molecular flexibility index (Phi) is 6.16. The number of hydrogen-bond donors (Lipinski definition) is 0. The Bertz CT molecular complexity index is 230. The van der Waals surface area contributed by atoms with Gasteiger partial charge in [-0.05, 0) is 45.2 Å². The molecule has 0 atom stereocenters. The van der Waals surface area contributed by atoms with E-state index in [2.05, 4.69) is 24.0 Å². The van der Waals surface area contributed by atoms with Crippen molar-refractivity contribution in [2.45, 2.75) is 33.1 Å². The molecule has 0 radical (unpaired) electrons. The predicted octanol–water partition coefficient (Wildman–Crippen LogP) is 2.23. The van der Waals surface area contributed by atoms with Crippen LogP contribution in [-0.4, -0.2) is 37.1 Å². The first-order valence-electron chi connectivity index (χ1n) is 6.19. The second-order valence-electron chi connectivity index (χ2n) is 4.44. The molecule has 0 bridgehead atoms. The lowest BCUT2D eigenvalue weighted by Crippen LogP contribution is -2.34. The van der Waals surface area contributed by atoms with Gasteiger partial charge in [-0.1, -0.05) is 12.2 Å². The van der Waals surface area contributed by atoms with Crippen LogP contribution in [0.3, 0.4) is 0 Å². The third-order valence-electron chi connectivity index (χ3n) is 3.14. The third kappa shape index (κ3) is 5.31. The molecule has 1 fully saturated rings. The van der Waals surface area contributed by atoms with Gasteiger partial charge in [-0.25, -0.2) is 0 Å². The molecule has 0 N–H and O–H groups in total. The molecule has 1 heterocycles. The Hall–Kier alpha value is -0.830. The van der Waals surface area contributed by atoms with Crippen molar-refractivity contribution >= 4 is 5.97 Å². The summed E-state index contributed by atoms with van der Waals surface area (Å²) in [6, 6.07) is 0. The summed E-state index contributed by atoms with van der Waals surface area (Å²) < 4.78 is 4.97. The van der Waals surface area contributed by atoms with Crippen LogP contribution in [0.15, 0.2) is 12.2 Å². The van der Waals surface area contributed by atoms with E-state index >= 15 is 0 Å². The SMILES string of the molecule is C/C=C/CN1CCC(CCOC(C)=O)CC1. The molecule has 1 aliphatic rings. The lowest BCUT2D eigenvalue weighted by atomic mass is 9.94. The number of hydrogen-bond acceptors (Lipinski definition) is 3. The minimum Gasteiger partial charge on any atom is -0.466 e. The van der Waals surface area contributed by atoms with E-state index in [9.17, 15) is 4.79 Å². The van der Waals surface area contributed by atoms with Gasteiger partial charge in [0.2, 0.25) is 0 Å². The number of carbonyl (C=O) groups is 1. The molecule has 0 amide bonds. The Balaban J connectivity index is 2.09. The third-order valence-corrected chi connectivity index (χ3v) is 3.14. The number of likely N-dealkylation sites (tertiary alicyclic amines) is 1. The quantitative estimate of drug-likeness (QED) is 0.531. The van der Waals surface area contributed by atoms with E-state index < -0.39 is 0 Å². The highest BCUT2D eigenvalue weighted by Crippen LogP contribution is 2.20. The fourth-order valence-electron chi connectivity index (χ4n) is 2.08. The van der Waals surface area contributed by atoms with Gasteiger partial charge in [0.1, 0.15) is 0 Å². The molecule has 1 rings (SSSR count). The van der Waals surface area contributed by atoms with Gasteiger partial charge < -0.3 is 4.74 Å². The number of rotatable bonds is 5. The maximum atomic E-state index is 10.6. The molecule has 3 nitrogen and oxygen atoms in total. The van der Waals surface area contributed by atoms with Crippen LogP contribution in [0.4, 0.5) is 0 Å². The average Bonchev–Trinajstić information content (AvgIpc) is 2.27.